The number of methoxy groups -OCH3 is 4. The molecule has 0 unspecified atom stereocenters. The Morgan fingerprint density at radius 2 is 1.47 bits per heavy atom. The molecule has 3 aromatic carbocycles. The molecule has 9 nitrogen and oxygen atoms in total. The van der Waals surface area contributed by atoms with Crippen molar-refractivity contribution in [2.24, 2.45) is 0 Å². The molecule has 3 rings (SSSR count). The molecule has 0 aliphatic heterocycles. The molecule has 0 saturated heterocycles. The monoisotopic (exact) mass is 542 g/mol. The fraction of sp³-hybridized carbons (Fsp3) is 0.321. The number of benzene rings is 3. The molecule has 3 aromatic rings. The molecular formula is C28H34N2O7S. The van der Waals surface area contributed by atoms with Crippen molar-refractivity contribution in [3.63, 3.8) is 0 Å². The van der Waals surface area contributed by atoms with Crippen molar-refractivity contribution in [3.05, 3.63) is 71.8 Å². The normalized spacial score (nSPS) is 11.0. The van der Waals surface area contributed by atoms with E-state index in [2.05, 4.69) is 5.32 Å². The number of anilines is 1. The third kappa shape index (κ3) is 6.89. The van der Waals surface area contributed by atoms with E-state index in [1.54, 1.807) is 38.5 Å². The molecule has 1 N–H and O–H groups in total. The van der Waals surface area contributed by atoms with E-state index < -0.39 is 22.5 Å². The minimum atomic E-state index is -4.10. The number of hydrogen-bond donors (Lipinski definition) is 1. The smallest absolute Gasteiger partial charge is 0.264 e. The first-order valence-electron chi connectivity index (χ1n) is 12.0. The molecule has 0 saturated carbocycles. The van der Waals surface area contributed by atoms with Crippen molar-refractivity contribution in [2.45, 2.75) is 24.7 Å². The van der Waals surface area contributed by atoms with E-state index in [1.165, 1.54) is 32.4 Å². The van der Waals surface area contributed by atoms with Gasteiger partial charge < -0.3 is 24.3 Å². The Labute approximate surface area is 224 Å². The van der Waals surface area contributed by atoms with Gasteiger partial charge in [-0.15, -0.1) is 0 Å². The van der Waals surface area contributed by atoms with Crippen molar-refractivity contribution in [3.8, 4) is 23.0 Å². The Morgan fingerprint density at radius 3 is 2.11 bits per heavy atom. The average Bonchev–Trinajstić information content (AvgIpc) is 2.93. The largest absolute Gasteiger partial charge is 0.497 e. The maximum absolute atomic E-state index is 13.7. The molecule has 204 valence electrons. The van der Waals surface area contributed by atoms with E-state index in [1.807, 2.05) is 25.1 Å². The molecule has 0 aliphatic carbocycles. The van der Waals surface area contributed by atoms with Crippen LogP contribution in [0.3, 0.4) is 0 Å². The maximum Gasteiger partial charge on any atom is 0.264 e. The Hall–Kier alpha value is -3.92. The quantitative estimate of drug-likeness (QED) is 0.326. The number of nitrogens with zero attached hydrogens (tertiary/aromatic N) is 1. The second-order valence-electron chi connectivity index (χ2n) is 8.51. The molecule has 0 spiro atoms. The fourth-order valence-corrected chi connectivity index (χ4v) is 5.29. The van der Waals surface area contributed by atoms with Crippen LogP contribution in [0.5, 0.6) is 23.0 Å². The number of amides is 1. The van der Waals surface area contributed by atoms with Crippen LogP contribution in [0.25, 0.3) is 0 Å². The standard InChI is InChI=1S/C28H34N2O7S/c1-20-8-12-23(13-9-20)38(32,33)30(24-18-22(34-2)11-15-25(24)35-3)19-28(31)29-16-6-7-21-10-14-26(36-4)27(17-21)37-5/h8-15,17-18H,6-7,16,19H2,1-5H3,(H,29,31). The first-order valence-corrected chi connectivity index (χ1v) is 13.5. The number of rotatable bonds is 13. The van der Waals surface area contributed by atoms with Crippen LogP contribution in [0, 0.1) is 6.92 Å². The van der Waals surface area contributed by atoms with E-state index in [0.717, 1.165) is 15.4 Å². The summed E-state index contributed by atoms with van der Waals surface area (Å²) in [6.07, 6.45) is 1.34. The number of aryl methyl sites for hydroxylation is 2. The SMILES string of the molecule is COc1ccc(OC)c(N(CC(=O)NCCCc2ccc(OC)c(OC)c2)S(=O)(=O)c2ccc(C)cc2)c1. The van der Waals surface area contributed by atoms with E-state index >= 15 is 0 Å². The molecular weight excluding hydrogens is 508 g/mol. The average molecular weight is 543 g/mol. The number of hydrogen-bond acceptors (Lipinski definition) is 7. The van der Waals surface area contributed by atoms with Crippen molar-refractivity contribution >= 4 is 21.6 Å². The van der Waals surface area contributed by atoms with Gasteiger partial charge in [0.2, 0.25) is 5.91 Å². The van der Waals surface area contributed by atoms with Gasteiger partial charge in [0.15, 0.2) is 11.5 Å². The second-order valence-corrected chi connectivity index (χ2v) is 10.4. The Balaban J connectivity index is 1.78. The Bertz CT molecular complexity index is 1340. The zero-order chi connectivity index (χ0) is 27.7. The summed E-state index contributed by atoms with van der Waals surface area (Å²) in [4.78, 5) is 13.0. The van der Waals surface area contributed by atoms with Crippen LogP contribution in [-0.4, -0.2) is 55.9 Å². The molecule has 0 aliphatic rings. The molecule has 0 atom stereocenters. The molecule has 38 heavy (non-hydrogen) atoms. The van der Waals surface area contributed by atoms with Gasteiger partial charge in [-0.3, -0.25) is 9.10 Å². The predicted octanol–water partition coefficient (Wildman–Crippen LogP) is 3.97. The van der Waals surface area contributed by atoms with Crippen LogP contribution < -0.4 is 28.6 Å². The number of ether oxygens (including phenoxy) is 4. The minimum absolute atomic E-state index is 0.0641. The molecule has 10 heteroatoms. The summed E-state index contributed by atoms with van der Waals surface area (Å²) < 4.78 is 49.8. The highest BCUT2D eigenvalue weighted by atomic mass is 32.2. The van der Waals surface area contributed by atoms with E-state index in [9.17, 15) is 13.2 Å². The zero-order valence-electron chi connectivity index (χ0n) is 22.3. The Kier molecular flexibility index (Phi) is 9.84. The predicted molar refractivity (Wildman–Crippen MR) is 146 cm³/mol. The molecule has 0 bridgehead atoms. The molecule has 0 aromatic heterocycles. The highest BCUT2D eigenvalue weighted by Gasteiger charge is 2.30. The van der Waals surface area contributed by atoms with Gasteiger partial charge in [0.1, 0.15) is 18.0 Å². The van der Waals surface area contributed by atoms with Crippen LogP contribution in [0.15, 0.2) is 65.6 Å². The van der Waals surface area contributed by atoms with Crippen LogP contribution in [-0.2, 0) is 21.2 Å². The highest BCUT2D eigenvalue weighted by molar-refractivity contribution is 7.92. The summed E-state index contributed by atoms with van der Waals surface area (Å²) in [6, 6.07) is 16.9. The summed E-state index contributed by atoms with van der Waals surface area (Å²) in [5.74, 6) is 1.56. The van der Waals surface area contributed by atoms with E-state index in [4.69, 9.17) is 18.9 Å². The first kappa shape index (κ1) is 28.6. The summed E-state index contributed by atoms with van der Waals surface area (Å²) >= 11 is 0. The zero-order valence-corrected chi connectivity index (χ0v) is 23.1. The summed E-state index contributed by atoms with van der Waals surface area (Å²) in [7, 11) is 1.98. The topological polar surface area (TPSA) is 103 Å². The van der Waals surface area contributed by atoms with Crippen molar-refractivity contribution in [2.75, 3.05) is 45.8 Å². The van der Waals surface area contributed by atoms with E-state index in [-0.39, 0.29) is 10.6 Å². The van der Waals surface area contributed by atoms with Gasteiger partial charge in [0.25, 0.3) is 10.0 Å². The van der Waals surface area contributed by atoms with Crippen LogP contribution >= 0.6 is 0 Å². The van der Waals surface area contributed by atoms with Gasteiger partial charge in [0.05, 0.1) is 39.0 Å². The molecule has 0 fully saturated rings. The Morgan fingerprint density at radius 1 is 0.816 bits per heavy atom. The lowest BCUT2D eigenvalue weighted by atomic mass is 10.1. The van der Waals surface area contributed by atoms with Gasteiger partial charge in [-0.25, -0.2) is 8.42 Å². The molecule has 0 radical (unpaired) electrons. The lowest BCUT2D eigenvalue weighted by Gasteiger charge is -2.26. The van der Waals surface area contributed by atoms with Gasteiger partial charge in [-0.2, -0.15) is 0 Å². The summed E-state index contributed by atoms with van der Waals surface area (Å²) in [5.41, 5.74) is 2.15. The minimum Gasteiger partial charge on any atom is -0.497 e. The molecule has 0 heterocycles. The van der Waals surface area contributed by atoms with Crippen molar-refractivity contribution in [1.82, 2.24) is 5.32 Å². The molecule has 1 amide bonds. The van der Waals surface area contributed by atoms with E-state index in [0.29, 0.717) is 42.4 Å². The van der Waals surface area contributed by atoms with Gasteiger partial charge >= 0.3 is 0 Å². The third-order valence-corrected chi connectivity index (χ3v) is 7.74. The summed E-state index contributed by atoms with van der Waals surface area (Å²) in [6.45, 7) is 1.80. The van der Waals surface area contributed by atoms with Crippen molar-refractivity contribution < 1.29 is 32.2 Å². The third-order valence-electron chi connectivity index (χ3n) is 5.96. The van der Waals surface area contributed by atoms with Crippen molar-refractivity contribution in [1.29, 1.82) is 0 Å². The maximum atomic E-state index is 13.7. The number of carbonyl (C=O) groups is 1. The lowest BCUT2D eigenvalue weighted by Crippen LogP contribution is -2.41. The fourth-order valence-electron chi connectivity index (χ4n) is 3.87. The van der Waals surface area contributed by atoms with Gasteiger partial charge in [-0.1, -0.05) is 23.8 Å². The second kappa shape index (κ2) is 13.0. The first-order chi connectivity index (χ1) is 18.2. The number of carbonyl (C=O) groups excluding carboxylic acids is 1. The van der Waals surface area contributed by atoms with Gasteiger partial charge in [0, 0.05) is 12.6 Å². The highest BCUT2D eigenvalue weighted by Crippen LogP contribution is 2.35. The van der Waals surface area contributed by atoms with Crippen LogP contribution in [0.2, 0.25) is 0 Å². The number of sulfonamides is 1. The number of nitrogens with one attached hydrogen (secondary N) is 1. The van der Waals surface area contributed by atoms with Crippen LogP contribution in [0.1, 0.15) is 17.5 Å². The lowest BCUT2D eigenvalue weighted by molar-refractivity contribution is -0.119. The summed E-state index contributed by atoms with van der Waals surface area (Å²) in [5, 5.41) is 2.83. The van der Waals surface area contributed by atoms with Crippen LogP contribution in [0.4, 0.5) is 5.69 Å². The van der Waals surface area contributed by atoms with Gasteiger partial charge in [-0.05, 0) is 61.7 Å².